The Kier molecular flexibility index (Phi) is 5.44. The van der Waals surface area contributed by atoms with Crippen molar-refractivity contribution in [1.29, 1.82) is 0 Å². The quantitative estimate of drug-likeness (QED) is 0.786. The summed E-state index contributed by atoms with van der Waals surface area (Å²) < 4.78 is 5.04. The molecule has 2 rings (SSSR count). The zero-order valence-electron chi connectivity index (χ0n) is 13.3. The summed E-state index contributed by atoms with van der Waals surface area (Å²) in [5, 5.41) is 3.40. The van der Waals surface area contributed by atoms with Crippen LogP contribution in [-0.4, -0.2) is 49.2 Å². The second-order valence-corrected chi connectivity index (χ2v) is 6.46. The lowest BCUT2D eigenvalue weighted by atomic mass is 9.92. The average molecular weight is 282 g/mol. The van der Waals surface area contributed by atoms with Gasteiger partial charge in [0, 0.05) is 12.1 Å². The third-order valence-corrected chi connectivity index (χ3v) is 5.31. The van der Waals surface area contributed by atoms with Gasteiger partial charge in [0.15, 0.2) is 0 Å². The Hall–Kier alpha value is -0.610. The number of likely N-dealkylation sites (N-methyl/N-ethyl adjacent to an activating group) is 1. The van der Waals surface area contributed by atoms with Crippen LogP contribution in [0.25, 0.3) is 0 Å². The molecular formula is C16H30N2O2. The highest BCUT2D eigenvalue weighted by atomic mass is 16.5. The Bertz CT molecular complexity index is 328. The van der Waals surface area contributed by atoms with E-state index in [1.54, 1.807) is 0 Å². The molecule has 0 amide bonds. The first-order valence-electron chi connectivity index (χ1n) is 8.18. The van der Waals surface area contributed by atoms with Gasteiger partial charge in [0.1, 0.15) is 5.54 Å². The first-order chi connectivity index (χ1) is 9.63. The first kappa shape index (κ1) is 15.8. The van der Waals surface area contributed by atoms with Crippen LogP contribution in [0.5, 0.6) is 0 Å². The summed E-state index contributed by atoms with van der Waals surface area (Å²) in [5.41, 5.74) is -0.447. The van der Waals surface area contributed by atoms with Gasteiger partial charge in [0.05, 0.1) is 7.11 Å². The van der Waals surface area contributed by atoms with Crippen molar-refractivity contribution in [3.05, 3.63) is 0 Å². The van der Waals surface area contributed by atoms with Crippen LogP contribution in [-0.2, 0) is 9.53 Å². The number of methoxy groups -OCH3 is 1. The fourth-order valence-electron chi connectivity index (χ4n) is 4.11. The average Bonchev–Trinajstić information content (AvgIpc) is 2.92. The third kappa shape index (κ3) is 3.17. The normalized spacial score (nSPS) is 31.7. The molecule has 0 aromatic heterocycles. The van der Waals surface area contributed by atoms with E-state index < -0.39 is 5.54 Å². The van der Waals surface area contributed by atoms with Gasteiger partial charge in [-0.25, -0.2) is 0 Å². The molecule has 0 aromatic carbocycles. The van der Waals surface area contributed by atoms with Crippen molar-refractivity contribution in [3.8, 4) is 0 Å². The van der Waals surface area contributed by atoms with Gasteiger partial charge in [-0.15, -0.1) is 0 Å². The molecule has 20 heavy (non-hydrogen) atoms. The maximum atomic E-state index is 12.2. The van der Waals surface area contributed by atoms with E-state index in [1.165, 1.54) is 39.2 Å². The first-order valence-corrected chi connectivity index (χ1v) is 8.18. The number of rotatable bonds is 5. The molecule has 0 aliphatic heterocycles. The van der Waals surface area contributed by atoms with Crippen molar-refractivity contribution in [3.63, 3.8) is 0 Å². The van der Waals surface area contributed by atoms with Crippen LogP contribution in [0, 0.1) is 0 Å². The fraction of sp³-hybridized carbons (Fsp3) is 0.938. The van der Waals surface area contributed by atoms with E-state index in [0.717, 1.165) is 25.8 Å². The monoisotopic (exact) mass is 282 g/mol. The van der Waals surface area contributed by atoms with Gasteiger partial charge >= 0.3 is 5.97 Å². The molecule has 2 saturated carbocycles. The second-order valence-electron chi connectivity index (χ2n) is 6.46. The van der Waals surface area contributed by atoms with Crippen LogP contribution >= 0.6 is 0 Å². The van der Waals surface area contributed by atoms with Gasteiger partial charge in [-0.3, -0.25) is 4.79 Å². The van der Waals surface area contributed by atoms with Crippen LogP contribution in [0.4, 0.5) is 0 Å². The molecule has 2 aliphatic rings. The predicted octanol–water partition coefficient (Wildman–Crippen LogP) is 2.32. The number of ether oxygens (including phenoxy) is 1. The molecule has 0 bridgehead atoms. The van der Waals surface area contributed by atoms with E-state index >= 15 is 0 Å². The minimum absolute atomic E-state index is 0.0844. The fourth-order valence-corrected chi connectivity index (χ4v) is 4.11. The molecule has 0 saturated heterocycles. The number of carbonyl (C=O) groups is 1. The Morgan fingerprint density at radius 1 is 1.25 bits per heavy atom. The van der Waals surface area contributed by atoms with E-state index in [2.05, 4.69) is 24.2 Å². The largest absolute Gasteiger partial charge is 0.468 e. The van der Waals surface area contributed by atoms with E-state index in [-0.39, 0.29) is 5.97 Å². The molecule has 0 heterocycles. The number of hydrogen-bond donors (Lipinski definition) is 1. The molecular weight excluding hydrogens is 252 g/mol. The van der Waals surface area contributed by atoms with Crippen molar-refractivity contribution in [2.24, 2.45) is 0 Å². The highest BCUT2D eigenvalue weighted by molar-refractivity contribution is 5.81. The molecule has 2 aliphatic carbocycles. The van der Waals surface area contributed by atoms with E-state index in [0.29, 0.717) is 12.1 Å². The van der Waals surface area contributed by atoms with Gasteiger partial charge in [0.25, 0.3) is 0 Å². The van der Waals surface area contributed by atoms with E-state index in [9.17, 15) is 4.79 Å². The summed E-state index contributed by atoms with van der Waals surface area (Å²) in [6, 6.07) is 1.22. The van der Waals surface area contributed by atoms with E-state index in [1.807, 2.05) is 0 Å². The molecule has 1 N–H and O–H groups in total. The number of nitrogens with one attached hydrogen (secondary N) is 1. The molecule has 0 aromatic rings. The Morgan fingerprint density at radius 2 is 1.95 bits per heavy atom. The third-order valence-electron chi connectivity index (χ3n) is 5.31. The summed E-state index contributed by atoms with van der Waals surface area (Å²) in [7, 11) is 3.75. The molecule has 4 heteroatoms. The number of carbonyl (C=O) groups excluding carboxylic acids is 1. The maximum absolute atomic E-state index is 12.2. The van der Waals surface area contributed by atoms with E-state index in [4.69, 9.17) is 4.74 Å². The van der Waals surface area contributed by atoms with Crippen molar-refractivity contribution in [2.75, 3.05) is 20.7 Å². The van der Waals surface area contributed by atoms with Crippen molar-refractivity contribution in [1.82, 2.24) is 10.2 Å². The molecule has 4 nitrogen and oxygen atoms in total. The second kappa shape index (κ2) is 6.90. The summed E-state index contributed by atoms with van der Waals surface area (Å²) in [6.45, 7) is 2.87. The standard InChI is InChI=1S/C16H30N2O2/c1-4-17-16(15(19)20-3)11-10-14(12-16)18(2)13-8-6-5-7-9-13/h13-14,17H,4-12H2,1-3H3. The van der Waals surface area contributed by atoms with Crippen LogP contribution in [0.1, 0.15) is 58.3 Å². The molecule has 2 atom stereocenters. The smallest absolute Gasteiger partial charge is 0.326 e. The predicted molar refractivity (Wildman–Crippen MR) is 80.7 cm³/mol. The lowest BCUT2D eigenvalue weighted by molar-refractivity contribution is -0.148. The maximum Gasteiger partial charge on any atom is 0.326 e. The number of nitrogens with zero attached hydrogens (tertiary/aromatic N) is 1. The van der Waals surface area contributed by atoms with Crippen molar-refractivity contribution >= 4 is 5.97 Å². The lowest BCUT2D eigenvalue weighted by Gasteiger charge is -2.36. The summed E-state index contributed by atoms with van der Waals surface area (Å²) in [6.07, 6.45) is 9.62. The van der Waals surface area contributed by atoms with Crippen LogP contribution < -0.4 is 5.32 Å². The van der Waals surface area contributed by atoms with Gasteiger partial charge in [-0.2, -0.15) is 0 Å². The SMILES string of the molecule is CCNC1(C(=O)OC)CCC(N(C)C2CCCCC2)C1. The van der Waals surface area contributed by atoms with Crippen LogP contribution in [0.2, 0.25) is 0 Å². The minimum atomic E-state index is -0.447. The Balaban J connectivity index is 1.99. The number of hydrogen-bond acceptors (Lipinski definition) is 4. The van der Waals surface area contributed by atoms with Gasteiger partial charge in [-0.05, 0) is 45.7 Å². The molecule has 2 unspecified atom stereocenters. The Labute approximate surface area is 123 Å². The highest BCUT2D eigenvalue weighted by Gasteiger charge is 2.47. The molecule has 116 valence electrons. The number of esters is 1. The van der Waals surface area contributed by atoms with Crippen LogP contribution in [0.15, 0.2) is 0 Å². The zero-order chi connectivity index (χ0) is 14.6. The molecule has 0 radical (unpaired) electrons. The van der Waals surface area contributed by atoms with Crippen LogP contribution in [0.3, 0.4) is 0 Å². The summed E-state index contributed by atoms with van der Waals surface area (Å²) in [4.78, 5) is 14.7. The van der Waals surface area contributed by atoms with Gasteiger partial charge < -0.3 is 15.0 Å². The highest BCUT2D eigenvalue weighted by Crippen LogP contribution is 2.36. The summed E-state index contributed by atoms with van der Waals surface area (Å²) >= 11 is 0. The van der Waals surface area contributed by atoms with Crippen molar-refractivity contribution in [2.45, 2.75) is 75.9 Å². The van der Waals surface area contributed by atoms with Gasteiger partial charge in [0.2, 0.25) is 0 Å². The summed E-state index contributed by atoms with van der Waals surface area (Å²) in [5.74, 6) is -0.0844. The van der Waals surface area contributed by atoms with Gasteiger partial charge in [-0.1, -0.05) is 26.2 Å². The van der Waals surface area contributed by atoms with Crippen molar-refractivity contribution < 1.29 is 9.53 Å². The topological polar surface area (TPSA) is 41.6 Å². The lowest BCUT2D eigenvalue weighted by Crippen LogP contribution is -2.52. The zero-order valence-corrected chi connectivity index (χ0v) is 13.3. The minimum Gasteiger partial charge on any atom is -0.468 e. The molecule has 0 spiro atoms. The molecule has 2 fully saturated rings. The Morgan fingerprint density at radius 3 is 2.55 bits per heavy atom.